The molecule has 1 aliphatic rings. The predicted molar refractivity (Wildman–Crippen MR) is 60.8 cm³/mol. The molecule has 0 bridgehead atoms. The van der Waals surface area contributed by atoms with Gasteiger partial charge < -0.3 is 14.7 Å². The van der Waals surface area contributed by atoms with Gasteiger partial charge in [-0.1, -0.05) is 6.92 Å². The first-order valence-corrected chi connectivity index (χ1v) is 5.43. The quantitative estimate of drug-likeness (QED) is 0.819. The molecule has 1 aliphatic heterocycles. The fraction of sp³-hybridized carbons (Fsp3) is 0.636. The van der Waals surface area contributed by atoms with Crippen molar-refractivity contribution in [2.24, 2.45) is 0 Å². The third-order valence-electron chi connectivity index (χ3n) is 2.94. The average Bonchev–Trinajstić information content (AvgIpc) is 2.23. The van der Waals surface area contributed by atoms with Crippen molar-refractivity contribution in [3.05, 3.63) is 11.8 Å². The van der Waals surface area contributed by atoms with Crippen LogP contribution in [0.15, 0.2) is 6.07 Å². The van der Waals surface area contributed by atoms with E-state index in [2.05, 4.69) is 9.97 Å². The Bertz CT molecular complexity index is 389. The van der Waals surface area contributed by atoms with Crippen LogP contribution >= 0.6 is 0 Å². The fourth-order valence-corrected chi connectivity index (χ4v) is 1.80. The Morgan fingerprint density at radius 3 is 2.75 bits per heavy atom. The second kappa shape index (κ2) is 3.90. The van der Waals surface area contributed by atoms with E-state index in [-0.39, 0.29) is 0 Å². The number of aryl methyl sites for hydroxylation is 1. The molecule has 1 fully saturated rings. The smallest absolute Gasteiger partial charge is 0.229 e. The van der Waals surface area contributed by atoms with E-state index in [1.165, 1.54) is 0 Å². The summed E-state index contributed by atoms with van der Waals surface area (Å²) in [6, 6.07) is 1.79. The minimum atomic E-state index is -0.569. The van der Waals surface area contributed by atoms with Gasteiger partial charge in [0.25, 0.3) is 0 Å². The van der Waals surface area contributed by atoms with Gasteiger partial charge in [-0.05, 0) is 13.3 Å². The molecular weight excluding hydrogens is 206 g/mol. The molecule has 1 N–H and O–H groups in total. The molecule has 0 spiro atoms. The maximum atomic E-state index is 9.92. The number of aliphatic hydroxyl groups is 1. The van der Waals surface area contributed by atoms with Crippen molar-refractivity contribution in [2.75, 3.05) is 25.1 Å². The summed E-state index contributed by atoms with van der Waals surface area (Å²) in [7, 11) is 1.59. The van der Waals surface area contributed by atoms with E-state index in [0.29, 0.717) is 24.9 Å². The Morgan fingerprint density at radius 2 is 2.19 bits per heavy atom. The molecule has 16 heavy (non-hydrogen) atoms. The van der Waals surface area contributed by atoms with Crippen LogP contribution in [0.2, 0.25) is 0 Å². The highest BCUT2D eigenvalue weighted by Gasteiger charge is 2.40. The van der Waals surface area contributed by atoms with Crippen molar-refractivity contribution >= 4 is 5.95 Å². The molecule has 2 rings (SSSR count). The van der Waals surface area contributed by atoms with Gasteiger partial charge >= 0.3 is 0 Å². The van der Waals surface area contributed by atoms with Crippen LogP contribution in [0.3, 0.4) is 0 Å². The summed E-state index contributed by atoms with van der Waals surface area (Å²) < 4.78 is 5.09. The maximum absolute atomic E-state index is 9.92. The lowest BCUT2D eigenvalue weighted by Gasteiger charge is -2.46. The van der Waals surface area contributed by atoms with E-state index in [9.17, 15) is 5.11 Å². The summed E-state index contributed by atoms with van der Waals surface area (Å²) in [5.74, 6) is 1.20. The Labute approximate surface area is 95.1 Å². The highest BCUT2D eigenvalue weighted by atomic mass is 16.5. The highest BCUT2D eigenvalue weighted by molar-refractivity contribution is 5.39. The Morgan fingerprint density at radius 1 is 1.50 bits per heavy atom. The lowest BCUT2D eigenvalue weighted by molar-refractivity contribution is 0.00748. The number of rotatable bonds is 3. The van der Waals surface area contributed by atoms with Crippen molar-refractivity contribution < 1.29 is 9.84 Å². The first-order valence-electron chi connectivity index (χ1n) is 5.43. The molecule has 0 saturated carbocycles. The number of methoxy groups -OCH3 is 1. The van der Waals surface area contributed by atoms with Gasteiger partial charge in [-0.15, -0.1) is 0 Å². The first-order chi connectivity index (χ1) is 7.56. The van der Waals surface area contributed by atoms with Gasteiger partial charge in [0.15, 0.2) is 0 Å². The molecule has 2 heterocycles. The molecule has 88 valence electrons. The summed E-state index contributed by atoms with van der Waals surface area (Å²) in [6.07, 6.45) is 0.756. The van der Waals surface area contributed by atoms with Gasteiger partial charge in [-0.3, -0.25) is 0 Å². The molecule has 5 heteroatoms. The zero-order chi connectivity index (χ0) is 11.8. The molecule has 1 aromatic rings. The lowest BCUT2D eigenvalue weighted by atomic mass is 9.92. The summed E-state index contributed by atoms with van der Waals surface area (Å²) in [4.78, 5) is 10.5. The average molecular weight is 223 g/mol. The van der Waals surface area contributed by atoms with E-state index in [1.54, 1.807) is 13.2 Å². The van der Waals surface area contributed by atoms with Crippen LogP contribution in [-0.2, 0) is 0 Å². The summed E-state index contributed by atoms with van der Waals surface area (Å²) >= 11 is 0. The number of hydrogen-bond acceptors (Lipinski definition) is 5. The minimum Gasteiger partial charge on any atom is -0.481 e. The lowest BCUT2D eigenvalue weighted by Crippen LogP contribution is -2.62. The van der Waals surface area contributed by atoms with Gasteiger partial charge in [0, 0.05) is 11.8 Å². The van der Waals surface area contributed by atoms with Crippen molar-refractivity contribution in [1.82, 2.24) is 9.97 Å². The molecule has 0 atom stereocenters. The zero-order valence-electron chi connectivity index (χ0n) is 9.90. The molecular formula is C11H17N3O2. The molecule has 0 aromatic carbocycles. The topological polar surface area (TPSA) is 58.5 Å². The highest BCUT2D eigenvalue weighted by Crippen LogP contribution is 2.28. The predicted octanol–water partition coefficient (Wildman–Crippen LogP) is 0.755. The Balaban J connectivity index is 2.14. The van der Waals surface area contributed by atoms with Crippen molar-refractivity contribution in [1.29, 1.82) is 0 Å². The summed E-state index contributed by atoms with van der Waals surface area (Å²) in [5, 5.41) is 9.92. The summed E-state index contributed by atoms with van der Waals surface area (Å²) in [6.45, 7) is 5.07. The van der Waals surface area contributed by atoms with Crippen molar-refractivity contribution in [3.63, 3.8) is 0 Å². The van der Waals surface area contributed by atoms with E-state index >= 15 is 0 Å². The van der Waals surface area contributed by atoms with Crippen LogP contribution in [0.4, 0.5) is 5.95 Å². The van der Waals surface area contributed by atoms with Crippen molar-refractivity contribution in [2.45, 2.75) is 25.9 Å². The Hall–Kier alpha value is -1.36. The van der Waals surface area contributed by atoms with Gasteiger partial charge in [0.2, 0.25) is 11.8 Å². The van der Waals surface area contributed by atoms with Crippen LogP contribution in [0.5, 0.6) is 5.88 Å². The second-order valence-corrected chi connectivity index (χ2v) is 4.29. The van der Waals surface area contributed by atoms with E-state index in [1.807, 2.05) is 18.7 Å². The first kappa shape index (κ1) is 11.1. The fourth-order valence-electron chi connectivity index (χ4n) is 1.80. The normalized spacial score (nSPS) is 18.1. The van der Waals surface area contributed by atoms with E-state index < -0.39 is 5.60 Å². The molecule has 0 radical (unpaired) electrons. The third kappa shape index (κ3) is 1.95. The van der Waals surface area contributed by atoms with Gasteiger partial charge in [0.1, 0.15) is 0 Å². The number of anilines is 1. The number of hydrogen-bond donors (Lipinski definition) is 1. The van der Waals surface area contributed by atoms with E-state index in [0.717, 1.165) is 12.1 Å². The molecule has 0 amide bonds. The zero-order valence-corrected chi connectivity index (χ0v) is 9.90. The SMILES string of the molecule is CCC1(O)CN(c2nc(C)cc(OC)n2)C1. The minimum absolute atomic E-state index is 0.564. The molecule has 0 aliphatic carbocycles. The molecule has 1 aromatic heterocycles. The largest absolute Gasteiger partial charge is 0.481 e. The standard InChI is InChI=1S/C11H17N3O2/c1-4-11(15)6-14(7-11)10-12-8(2)5-9(13-10)16-3/h5,15H,4,6-7H2,1-3H3. The van der Waals surface area contributed by atoms with Gasteiger partial charge in [0.05, 0.1) is 25.8 Å². The van der Waals surface area contributed by atoms with Crippen molar-refractivity contribution in [3.8, 4) is 5.88 Å². The monoisotopic (exact) mass is 223 g/mol. The number of nitrogens with zero attached hydrogens (tertiary/aromatic N) is 3. The number of aromatic nitrogens is 2. The molecule has 0 unspecified atom stereocenters. The summed E-state index contributed by atoms with van der Waals surface area (Å²) in [5.41, 5.74) is 0.300. The van der Waals surface area contributed by atoms with E-state index in [4.69, 9.17) is 4.74 Å². The second-order valence-electron chi connectivity index (χ2n) is 4.29. The van der Waals surface area contributed by atoms with Crippen LogP contribution in [-0.4, -0.2) is 40.9 Å². The Kier molecular flexibility index (Phi) is 2.71. The molecule has 5 nitrogen and oxygen atoms in total. The molecule has 1 saturated heterocycles. The third-order valence-corrected chi connectivity index (χ3v) is 2.94. The number of ether oxygens (including phenoxy) is 1. The van der Waals surface area contributed by atoms with Crippen LogP contribution < -0.4 is 9.64 Å². The van der Waals surface area contributed by atoms with Gasteiger partial charge in [-0.2, -0.15) is 4.98 Å². The maximum Gasteiger partial charge on any atom is 0.229 e. The van der Waals surface area contributed by atoms with Gasteiger partial charge in [-0.25, -0.2) is 4.98 Å². The van der Waals surface area contributed by atoms with Crippen LogP contribution in [0, 0.1) is 6.92 Å². The van der Waals surface area contributed by atoms with Crippen LogP contribution in [0.25, 0.3) is 0 Å². The number of β-amino-alcohol motifs (C(OH)–C–C–N with tert-alkyl or cyclic N) is 1. The van der Waals surface area contributed by atoms with Crippen LogP contribution in [0.1, 0.15) is 19.0 Å².